The molecule has 0 aliphatic heterocycles. The molecule has 0 bridgehead atoms. The summed E-state index contributed by atoms with van der Waals surface area (Å²) in [4.78, 5) is 88.6. The first-order chi connectivity index (χ1) is 33.0. The van der Waals surface area contributed by atoms with Crippen molar-refractivity contribution < 1.29 is 90.0 Å². The molecule has 2 aromatic rings. The number of carbonyl (C=O) groups is 6. The van der Waals surface area contributed by atoms with Gasteiger partial charge in [-0.3, -0.25) is 28.8 Å². The predicted molar refractivity (Wildman–Crippen MR) is 300 cm³/mol. The number of nitrogens with zero attached hydrogens (tertiary/aromatic N) is 4. The van der Waals surface area contributed by atoms with E-state index in [9.17, 15) is 90.0 Å². The van der Waals surface area contributed by atoms with Crippen LogP contribution in [0.15, 0.2) is 0 Å². The van der Waals surface area contributed by atoms with Gasteiger partial charge in [-0.2, -0.15) is 0 Å². The van der Waals surface area contributed by atoms with Crippen LogP contribution in [-0.4, -0.2) is 246 Å². The highest BCUT2D eigenvalue weighted by Crippen LogP contribution is 2.39. The first kappa shape index (κ1) is 65.3. The number of hydrogen-bond acceptors (Lipinski definition) is 18. The minimum atomic E-state index is -1.43. The summed E-state index contributed by atoms with van der Waals surface area (Å²) in [6, 6.07) is 0. The molecule has 14 N–H and O–H groups in total. The highest BCUT2D eigenvalue weighted by Gasteiger charge is 2.36. The summed E-state index contributed by atoms with van der Waals surface area (Å²) in [6.45, 7) is -8.27. The van der Waals surface area contributed by atoms with Crippen molar-refractivity contribution in [1.82, 2.24) is 19.6 Å². The molecule has 0 spiro atoms. The molecule has 4 atom stereocenters. The van der Waals surface area contributed by atoms with E-state index in [-0.39, 0.29) is 81.2 Å². The van der Waals surface area contributed by atoms with Crippen LogP contribution >= 0.6 is 136 Å². The third-order valence-electron chi connectivity index (χ3n) is 9.79. The number of anilines is 2. The lowest BCUT2D eigenvalue weighted by atomic mass is 10.0. The van der Waals surface area contributed by atoms with Crippen LogP contribution in [0.3, 0.4) is 0 Å². The van der Waals surface area contributed by atoms with E-state index in [0.717, 1.165) is 19.6 Å². The Morgan fingerprint density at radius 2 is 0.571 bits per heavy atom. The zero-order valence-corrected chi connectivity index (χ0v) is 49.9. The molecule has 0 aliphatic carbocycles. The maximum atomic E-state index is 14.2. The van der Waals surface area contributed by atoms with Crippen molar-refractivity contribution in [2.24, 2.45) is 0 Å². The summed E-state index contributed by atoms with van der Waals surface area (Å²) in [5.41, 5.74) is -0.852. The Hall–Kier alpha value is -0.840. The van der Waals surface area contributed by atoms with Gasteiger partial charge in [-0.25, -0.2) is 0 Å². The summed E-state index contributed by atoms with van der Waals surface area (Å²) in [5.74, 6) is -4.96. The Labute approximate surface area is 483 Å². The van der Waals surface area contributed by atoms with E-state index < -0.39 is 152 Å². The maximum absolute atomic E-state index is 14.2. The molecule has 2 aromatic carbocycles. The lowest BCUT2D eigenvalue weighted by molar-refractivity contribution is -0.121. The molecule has 4 unspecified atom stereocenters. The van der Waals surface area contributed by atoms with Crippen LogP contribution in [0.1, 0.15) is 54.3 Å². The zero-order chi connectivity index (χ0) is 53.2. The summed E-state index contributed by atoms with van der Waals surface area (Å²) >= 11 is 10.5. The number of amides is 6. The molecule has 0 saturated heterocycles. The minimum Gasteiger partial charge on any atom is -0.395 e. The number of nitrogens with one attached hydrogen (secondary N) is 2. The first-order valence-electron chi connectivity index (χ1n) is 20.8. The number of aliphatic hydroxyl groups is 12. The van der Waals surface area contributed by atoms with Gasteiger partial charge in [-0.15, -0.1) is 0 Å². The van der Waals surface area contributed by atoms with Crippen LogP contribution in [0, 0.1) is 21.4 Å². The van der Waals surface area contributed by atoms with Crippen molar-refractivity contribution in [3.63, 3.8) is 0 Å². The molecule has 394 valence electrons. The second-order valence-corrected chi connectivity index (χ2v) is 21.4. The SMILES string of the molecule is O=C(CCC(=O)Nc1c(I)c(C(=O)N(CCO)CC(O)CO)c(I)c(C(=O)N(CCO)CC(O)CO)c1I)Nc1c(I)c(C(=O)N(CCO)CC(O)CO)c(I)c(C(=O)N(CCO)CC(O)CO)c1I. The van der Waals surface area contributed by atoms with Gasteiger partial charge in [0.15, 0.2) is 0 Å². The molecular weight excluding hydrogens is 1610 g/mol. The summed E-state index contributed by atoms with van der Waals surface area (Å²) in [7, 11) is 0. The van der Waals surface area contributed by atoms with Gasteiger partial charge in [0.1, 0.15) is 0 Å². The van der Waals surface area contributed by atoms with E-state index in [1.807, 2.05) is 0 Å². The van der Waals surface area contributed by atoms with Gasteiger partial charge in [0.2, 0.25) is 11.8 Å². The Morgan fingerprint density at radius 1 is 0.371 bits per heavy atom. The van der Waals surface area contributed by atoms with E-state index in [1.54, 1.807) is 136 Å². The van der Waals surface area contributed by atoms with Crippen molar-refractivity contribution in [1.29, 1.82) is 0 Å². The number of hydrogen-bond donors (Lipinski definition) is 14. The summed E-state index contributed by atoms with van der Waals surface area (Å²) < 4.78 is 0.392. The van der Waals surface area contributed by atoms with Gasteiger partial charge in [-0.05, 0) is 136 Å². The fraction of sp³-hybridized carbons (Fsp3) is 0.550. The third-order valence-corrected chi connectivity index (χ3v) is 16.3. The van der Waals surface area contributed by atoms with Gasteiger partial charge >= 0.3 is 0 Å². The highest BCUT2D eigenvalue weighted by atomic mass is 127. The Bertz CT molecular complexity index is 1900. The molecule has 6 amide bonds. The molecule has 30 heteroatoms. The van der Waals surface area contributed by atoms with Crippen LogP contribution < -0.4 is 10.6 Å². The Kier molecular flexibility index (Phi) is 30.4. The normalized spacial score (nSPS) is 13.0. The average molecular weight is 1670 g/mol. The van der Waals surface area contributed by atoms with Crippen LogP contribution in [0.2, 0.25) is 0 Å². The fourth-order valence-corrected chi connectivity index (χ4v) is 15.1. The number of rotatable bonds is 29. The quantitative estimate of drug-likeness (QED) is 0.0385. The molecule has 0 heterocycles. The van der Waals surface area contributed by atoms with E-state index in [1.165, 1.54) is 0 Å². The van der Waals surface area contributed by atoms with Gasteiger partial charge in [0.25, 0.3) is 23.6 Å². The zero-order valence-electron chi connectivity index (χ0n) is 36.9. The third kappa shape index (κ3) is 17.9. The van der Waals surface area contributed by atoms with Crippen molar-refractivity contribution >= 4 is 182 Å². The van der Waals surface area contributed by atoms with Crippen LogP contribution in [0.25, 0.3) is 0 Å². The number of aliphatic hydroxyl groups excluding tert-OH is 12. The van der Waals surface area contributed by atoms with Crippen LogP contribution in [0.4, 0.5) is 11.4 Å². The topological polar surface area (TPSA) is 382 Å². The first-order valence-corrected chi connectivity index (χ1v) is 27.3. The van der Waals surface area contributed by atoms with Gasteiger partial charge in [-0.1, -0.05) is 0 Å². The van der Waals surface area contributed by atoms with Crippen molar-refractivity contribution in [2.75, 3.05) is 116 Å². The van der Waals surface area contributed by atoms with Crippen LogP contribution in [0.5, 0.6) is 0 Å². The standard InChI is InChI=1S/C40H54I6N6O18/c41-29-25(37(67)49(3-7-53)11-19(61)15-57)31(43)35(32(44)26(29)38(68)50(4-8-54)12-20(62)16-58)47-23(65)1-2-24(66)48-36-33(45)27(39(69)51(5-9-55)13-21(63)17-59)30(42)28(34(36)46)40(70)52(6-10-56)14-22(64)18-60/h19-22,53-64H,1-18H2,(H,47,65)(H,48,66). The average Bonchev–Trinajstić information content (AvgIpc) is 3.32. The molecule has 24 nitrogen and oxygen atoms in total. The number of halogens is 6. The lowest BCUT2D eigenvalue weighted by Crippen LogP contribution is -2.43. The minimum absolute atomic E-state index is 0.0344. The monoisotopic (exact) mass is 1670 g/mol. The molecule has 0 radical (unpaired) electrons. The molecule has 0 fully saturated rings. The molecule has 0 saturated carbocycles. The second-order valence-electron chi connectivity index (χ2n) is 15.0. The van der Waals surface area contributed by atoms with Crippen LogP contribution in [-0.2, 0) is 9.59 Å². The van der Waals surface area contributed by atoms with Gasteiger partial charge in [0, 0.05) is 72.3 Å². The molecular formula is C40H54I6N6O18. The summed E-state index contributed by atoms with van der Waals surface area (Å²) in [5, 5.41) is 123. The highest BCUT2D eigenvalue weighted by molar-refractivity contribution is 14.1. The Balaban J connectivity index is 2.77. The van der Waals surface area contributed by atoms with E-state index in [0.29, 0.717) is 0 Å². The second kappa shape index (κ2) is 32.6. The fourth-order valence-electron chi connectivity index (χ4n) is 6.40. The smallest absolute Gasteiger partial charge is 0.256 e. The van der Waals surface area contributed by atoms with Crippen molar-refractivity contribution in [2.45, 2.75) is 37.3 Å². The molecule has 2 rings (SSSR count). The summed E-state index contributed by atoms with van der Waals surface area (Å²) in [6.07, 6.45) is -6.82. The van der Waals surface area contributed by atoms with Gasteiger partial charge in [0.05, 0.1) is 125 Å². The maximum Gasteiger partial charge on any atom is 0.256 e. The molecule has 0 aliphatic rings. The molecule has 70 heavy (non-hydrogen) atoms. The van der Waals surface area contributed by atoms with Crippen molar-refractivity contribution in [3.05, 3.63) is 43.7 Å². The lowest BCUT2D eigenvalue weighted by Gasteiger charge is -2.29. The largest absolute Gasteiger partial charge is 0.395 e. The van der Waals surface area contributed by atoms with E-state index >= 15 is 0 Å². The number of carbonyl (C=O) groups excluding carboxylic acids is 6. The predicted octanol–water partition coefficient (Wildman–Crippen LogP) is -2.18. The number of benzene rings is 2. The van der Waals surface area contributed by atoms with E-state index in [4.69, 9.17) is 0 Å². The molecule has 0 aromatic heterocycles. The van der Waals surface area contributed by atoms with Gasteiger partial charge < -0.3 is 91.5 Å². The van der Waals surface area contributed by atoms with E-state index in [2.05, 4.69) is 10.6 Å². The van der Waals surface area contributed by atoms with Crippen molar-refractivity contribution in [3.8, 4) is 0 Å². The Morgan fingerprint density at radius 3 is 0.743 bits per heavy atom.